The van der Waals surface area contributed by atoms with E-state index < -0.39 is 0 Å². The minimum absolute atomic E-state index is 0. The zero-order valence-electron chi connectivity index (χ0n) is 7.70. The first-order valence-electron chi connectivity index (χ1n) is 4.83. The standard InChI is InChI=1S/C9H15NO3.4CH4/c11-9-2-1-3-10(9)4-5-12-6-8-7-13-8;;;;/h8H,1-7H2;4*1H4. The summed E-state index contributed by atoms with van der Waals surface area (Å²) in [7, 11) is 0. The summed E-state index contributed by atoms with van der Waals surface area (Å²) in [5, 5.41) is 0. The van der Waals surface area contributed by atoms with E-state index in [0.29, 0.717) is 25.7 Å². The topological polar surface area (TPSA) is 42.1 Å². The lowest BCUT2D eigenvalue weighted by atomic mass is 10.4. The molecule has 0 saturated carbocycles. The number of likely N-dealkylation sites (tertiary alicyclic amines) is 1. The summed E-state index contributed by atoms with van der Waals surface area (Å²) in [4.78, 5) is 13.0. The summed E-state index contributed by atoms with van der Waals surface area (Å²) in [5.74, 6) is 0.270. The quantitative estimate of drug-likeness (QED) is 0.555. The molecule has 2 aliphatic heterocycles. The van der Waals surface area contributed by atoms with Gasteiger partial charge in [0.2, 0.25) is 5.91 Å². The molecule has 17 heavy (non-hydrogen) atoms. The van der Waals surface area contributed by atoms with Crippen LogP contribution >= 0.6 is 0 Å². The van der Waals surface area contributed by atoms with Gasteiger partial charge in [-0.3, -0.25) is 4.79 Å². The molecule has 0 N–H and O–H groups in total. The number of nitrogens with zero attached hydrogens (tertiary/aromatic N) is 1. The first-order valence-corrected chi connectivity index (χ1v) is 4.83. The van der Waals surface area contributed by atoms with Crippen molar-refractivity contribution < 1.29 is 14.3 Å². The van der Waals surface area contributed by atoms with E-state index in [0.717, 1.165) is 26.1 Å². The van der Waals surface area contributed by atoms with Crippen LogP contribution < -0.4 is 0 Å². The van der Waals surface area contributed by atoms with Crippen LogP contribution in [0.3, 0.4) is 0 Å². The van der Waals surface area contributed by atoms with Crippen molar-refractivity contribution in [2.24, 2.45) is 0 Å². The number of epoxide rings is 1. The summed E-state index contributed by atoms with van der Waals surface area (Å²) >= 11 is 0. The van der Waals surface area contributed by atoms with Crippen LogP contribution in [0.2, 0.25) is 0 Å². The van der Waals surface area contributed by atoms with Crippen molar-refractivity contribution in [3.05, 3.63) is 0 Å². The van der Waals surface area contributed by atoms with Crippen LogP contribution in [0.1, 0.15) is 42.5 Å². The van der Waals surface area contributed by atoms with Crippen molar-refractivity contribution >= 4 is 5.91 Å². The van der Waals surface area contributed by atoms with E-state index in [4.69, 9.17) is 9.47 Å². The van der Waals surface area contributed by atoms with Crippen LogP contribution in [0.15, 0.2) is 0 Å². The van der Waals surface area contributed by atoms with Crippen molar-refractivity contribution in [3.8, 4) is 0 Å². The van der Waals surface area contributed by atoms with E-state index in [1.807, 2.05) is 4.90 Å². The van der Waals surface area contributed by atoms with Crippen LogP contribution in [0, 0.1) is 0 Å². The molecule has 1 unspecified atom stereocenters. The van der Waals surface area contributed by atoms with Gasteiger partial charge in [-0.2, -0.15) is 0 Å². The highest BCUT2D eigenvalue weighted by Crippen LogP contribution is 2.10. The van der Waals surface area contributed by atoms with Crippen LogP contribution in [0.5, 0.6) is 0 Å². The largest absolute Gasteiger partial charge is 0.377 e. The third kappa shape index (κ3) is 7.34. The molecule has 1 atom stereocenters. The Morgan fingerprint density at radius 2 is 1.94 bits per heavy atom. The molecule has 2 heterocycles. The van der Waals surface area contributed by atoms with Gasteiger partial charge in [0.15, 0.2) is 0 Å². The summed E-state index contributed by atoms with van der Waals surface area (Å²) < 4.78 is 10.3. The number of hydrogen-bond donors (Lipinski definition) is 0. The van der Waals surface area contributed by atoms with Gasteiger partial charge >= 0.3 is 0 Å². The smallest absolute Gasteiger partial charge is 0.222 e. The summed E-state index contributed by atoms with van der Waals surface area (Å²) in [6.45, 7) is 3.81. The van der Waals surface area contributed by atoms with Crippen molar-refractivity contribution in [2.75, 3.05) is 32.9 Å². The Bertz CT molecular complexity index is 193. The van der Waals surface area contributed by atoms with Crippen molar-refractivity contribution in [1.29, 1.82) is 0 Å². The number of carbonyl (C=O) groups excluding carboxylic acids is 1. The Hall–Kier alpha value is -0.610. The van der Waals surface area contributed by atoms with Gasteiger partial charge in [-0.05, 0) is 6.42 Å². The highest BCUT2D eigenvalue weighted by atomic mass is 16.6. The number of ether oxygens (including phenoxy) is 2. The second-order valence-electron chi connectivity index (χ2n) is 3.51. The molecule has 0 radical (unpaired) electrons. The molecule has 2 rings (SSSR count). The number of amides is 1. The average Bonchev–Trinajstić information content (AvgIpc) is 2.86. The molecule has 4 heteroatoms. The predicted molar refractivity (Wildman–Crippen MR) is 73.3 cm³/mol. The van der Waals surface area contributed by atoms with Crippen molar-refractivity contribution in [1.82, 2.24) is 4.90 Å². The lowest BCUT2D eigenvalue weighted by Crippen LogP contribution is -2.28. The van der Waals surface area contributed by atoms with Gasteiger partial charge in [0.1, 0.15) is 6.10 Å². The summed E-state index contributed by atoms with van der Waals surface area (Å²) in [6.07, 6.45) is 2.05. The highest BCUT2D eigenvalue weighted by molar-refractivity contribution is 5.77. The molecule has 0 spiro atoms. The third-order valence-electron chi connectivity index (χ3n) is 2.38. The highest BCUT2D eigenvalue weighted by Gasteiger charge is 2.23. The fourth-order valence-corrected chi connectivity index (χ4v) is 1.49. The SMILES string of the molecule is C.C.C.C.O=C1CCCN1CCOCC1CO1. The van der Waals surface area contributed by atoms with Gasteiger partial charge in [-0.25, -0.2) is 0 Å². The summed E-state index contributed by atoms with van der Waals surface area (Å²) in [6, 6.07) is 0. The van der Waals surface area contributed by atoms with Gasteiger partial charge < -0.3 is 14.4 Å². The molecular weight excluding hydrogens is 218 g/mol. The average molecular weight is 249 g/mol. The molecule has 0 aromatic carbocycles. The van der Waals surface area contributed by atoms with Gasteiger partial charge in [0.25, 0.3) is 0 Å². The van der Waals surface area contributed by atoms with Crippen LogP contribution in [-0.4, -0.2) is 49.8 Å². The molecule has 106 valence electrons. The fraction of sp³-hybridized carbons (Fsp3) is 0.923. The van der Waals surface area contributed by atoms with E-state index in [-0.39, 0.29) is 35.6 Å². The second kappa shape index (κ2) is 10.5. The lowest BCUT2D eigenvalue weighted by Gasteiger charge is -2.14. The van der Waals surface area contributed by atoms with E-state index in [1.165, 1.54) is 0 Å². The minimum atomic E-state index is 0. The lowest BCUT2D eigenvalue weighted by molar-refractivity contribution is -0.128. The Labute approximate surface area is 107 Å². The van der Waals surface area contributed by atoms with E-state index in [9.17, 15) is 4.79 Å². The molecule has 2 saturated heterocycles. The van der Waals surface area contributed by atoms with Gasteiger partial charge in [0.05, 0.1) is 19.8 Å². The summed E-state index contributed by atoms with van der Waals surface area (Å²) in [5.41, 5.74) is 0. The molecule has 1 amide bonds. The number of carbonyl (C=O) groups is 1. The second-order valence-corrected chi connectivity index (χ2v) is 3.51. The molecule has 0 aromatic rings. The van der Waals surface area contributed by atoms with Crippen molar-refractivity contribution in [3.63, 3.8) is 0 Å². The number of hydrogen-bond acceptors (Lipinski definition) is 3. The molecular formula is C13H31NO3. The molecule has 2 fully saturated rings. The zero-order chi connectivity index (χ0) is 9.10. The van der Waals surface area contributed by atoms with Crippen LogP contribution in [0.25, 0.3) is 0 Å². The minimum Gasteiger partial charge on any atom is -0.377 e. The third-order valence-corrected chi connectivity index (χ3v) is 2.38. The van der Waals surface area contributed by atoms with Crippen LogP contribution in [0.4, 0.5) is 0 Å². The zero-order valence-corrected chi connectivity index (χ0v) is 7.70. The molecule has 0 aromatic heterocycles. The molecule has 4 nitrogen and oxygen atoms in total. The van der Waals surface area contributed by atoms with Crippen molar-refractivity contribution in [2.45, 2.75) is 48.7 Å². The Morgan fingerprint density at radius 3 is 2.41 bits per heavy atom. The maximum absolute atomic E-state index is 11.2. The molecule has 0 aliphatic carbocycles. The predicted octanol–water partition coefficient (Wildman–Crippen LogP) is 2.57. The molecule has 0 bridgehead atoms. The van der Waals surface area contributed by atoms with Gasteiger partial charge in [-0.15, -0.1) is 0 Å². The van der Waals surface area contributed by atoms with Gasteiger partial charge in [-0.1, -0.05) is 29.7 Å². The maximum atomic E-state index is 11.2. The number of rotatable bonds is 5. The van der Waals surface area contributed by atoms with Gasteiger partial charge in [0, 0.05) is 19.5 Å². The first kappa shape index (κ1) is 21.7. The first-order chi connectivity index (χ1) is 6.36. The monoisotopic (exact) mass is 249 g/mol. The maximum Gasteiger partial charge on any atom is 0.222 e. The van der Waals surface area contributed by atoms with E-state index in [1.54, 1.807) is 0 Å². The van der Waals surface area contributed by atoms with E-state index >= 15 is 0 Å². The molecule has 2 aliphatic rings. The Kier molecular flexibility index (Phi) is 13.4. The Morgan fingerprint density at radius 1 is 1.29 bits per heavy atom. The Balaban J connectivity index is -0.000000490. The van der Waals surface area contributed by atoms with Crippen LogP contribution in [-0.2, 0) is 14.3 Å². The fourth-order valence-electron chi connectivity index (χ4n) is 1.49. The van der Waals surface area contributed by atoms with E-state index in [2.05, 4.69) is 0 Å². The normalized spacial score (nSPS) is 20.6.